The summed E-state index contributed by atoms with van der Waals surface area (Å²) in [7, 11) is 0. The van der Waals surface area contributed by atoms with E-state index in [-0.39, 0.29) is 23.7 Å². The zero-order chi connectivity index (χ0) is 14.8. The minimum atomic E-state index is -0.683. The third-order valence-electron chi connectivity index (χ3n) is 4.50. The number of benzene rings is 1. The van der Waals surface area contributed by atoms with Crippen LogP contribution < -0.4 is 5.32 Å². The molecule has 3 rings (SSSR count). The van der Waals surface area contributed by atoms with Crippen LogP contribution in [0, 0.1) is 17.8 Å². The standard InChI is InChI=1S/C16H20N2O3/c19-14(17-7-6-11-4-2-1-3-5-11)10-18-8-12-13(9-18)15(12)16(20)21/h1-5,12-13,15H,6-10H2,(H,17,19)(H,20,21)/t12-,13+,15?. The zero-order valence-electron chi connectivity index (χ0n) is 11.9. The van der Waals surface area contributed by atoms with Crippen molar-refractivity contribution in [3.8, 4) is 0 Å². The lowest BCUT2D eigenvalue weighted by molar-refractivity contribution is -0.139. The molecule has 0 spiro atoms. The highest BCUT2D eigenvalue weighted by atomic mass is 16.4. The molecule has 112 valence electrons. The van der Waals surface area contributed by atoms with E-state index in [1.165, 1.54) is 5.56 Å². The third-order valence-corrected chi connectivity index (χ3v) is 4.50. The third kappa shape index (κ3) is 3.24. The summed E-state index contributed by atoms with van der Waals surface area (Å²) in [5, 5.41) is 11.9. The fourth-order valence-electron chi connectivity index (χ4n) is 3.36. The second-order valence-electron chi connectivity index (χ2n) is 5.97. The Balaban J connectivity index is 1.34. The van der Waals surface area contributed by atoms with Crippen molar-refractivity contribution in [3.63, 3.8) is 0 Å². The van der Waals surface area contributed by atoms with Crippen molar-refractivity contribution >= 4 is 11.9 Å². The zero-order valence-corrected chi connectivity index (χ0v) is 11.9. The van der Waals surface area contributed by atoms with Gasteiger partial charge in [0.2, 0.25) is 5.91 Å². The smallest absolute Gasteiger partial charge is 0.307 e. The molecule has 1 aliphatic carbocycles. The first kappa shape index (κ1) is 14.1. The van der Waals surface area contributed by atoms with Crippen LogP contribution in [0.5, 0.6) is 0 Å². The van der Waals surface area contributed by atoms with E-state index in [9.17, 15) is 9.59 Å². The van der Waals surface area contributed by atoms with Crippen LogP contribution >= 0.6 is 0 Å². The van der Waals surface area contributed by atoms with Gasteiger partial charge < -0.3 is 10.4 Å². The SMILES string of the molecule is O=C(CN1C[C@@H]2C(C(=O)O)[C@@H]2C1)NCCc1ccccc1. The number of likely N-dealkylation sites (tertiary alicyclic amines) is 1. The fourth-order valence-corrected chi connectivity index (χ4v) is 3.36. The fraction of sp³-hybridized carbons (Fsp3) is 0.500. The van der Waals surface area contributed by atoms with Crippen LogP contribution in [-0.2, 0) is 16.0 Å². The molecule has 1 saturated carbocycles. The molecule has 1 aromatic carbocycles. The van der Waals surface area contributed by atoms with Crippen LogP contribution in [-0.4, -0.2) is 48.1 Å². The molecule has 2 N–H and O–H groups in total. The maximum atomic E-state index is 11.9. The molecule has 21 heavy (non-hydrogen) atoms. The first-order valence-corrected chi connectivity index (χ1v) is 7.41. The molecule has 0 aromatic heterocycles. The quantitative estimate of drug-likeness (QED) is 0.804. The lowest BCUT2D eigenvalue weighted by Gasteiger charge is -2.17. The van der Waals surface area contributed by atoms with Crippen molar-refractivity contribution in [2.24, 2.45) is 17.8 Å². The summed E-state index contributed by atoms with van der Waals surface area (Å²) in [5.41, 5.74) is 1.21. The number of carboxylic acids is 1. The monoisotopic (exact) mass is 288 g/mol. The van der Waals surface area contributed by atoms with Gasteiger partial charge in [0.1, 0.15) is 0 Å². The Morgan fingerprint density at radius 2 is 1.86 bits per heavy atom. The predicted molar refractivity (Wildman–Crippen MR) is 77.7 cm³/mol. The van der Waals surface area contributed by atoms with E-state index in [0.717, 1.165) is 19.5 Å². The number of hydrogen-bond donors (Lipinski definition) is 2. The first-order chi connectivity index (χ1) is 10.1. The second-order valence-corrected chi connectivity index (χ2v) is 5.97. The molecule has 1 aliphatic heterocycles. The van der Waals surface area contributed by atoms with Crippen LogP contribution in [0.15, 0.2) is 30.3 Å². The van der Waals surface area contributed by atoms with Crippen molar-refractivity contribution in [1.82, 2.24) is 10.2 Å². The summed E-state index contributed by atoms with van der Waals surface area (Å²) >= 11 is 0. The van der Waals surface area contributed by atoms with E-state index in [2.05, 4.69) is 10.2 Å². The molecule has 5 nitrogen and oxygen atoms in total. The number of fused-ring (bicyclic) bond motifs is 1. The van der Waals surface area contributed by atoms with Crippen LogP contribution in [0.1, 0.15) is 5.56 Å². The van der Waals surface area contributed by atoms with Crippen molar-refractivity contribution in [2.75, 3.05) is 26.2 Å². The van der Waals surface area contributed by atoms with Gasteiger partial charge in [0.05, 0.1) is 12.5 Å². The molecule has 1 saturated heterocycles. The Morgan fingerprint density at radius 3 is 2.48 bits per heavy atom. The van der Waals surface area contributed by atoms with Crippen molar-refractivity contribution in [3.05, 3.63) is 35.9 Å². The molecule has 2 fully saturated rings. The number of piperidine rings is 1. The summed E-state index contributed by atoms with van der Waals surface area (Å²) in [4.78, 5) is 24.8. The van der Waals surface area contributed by atoms with E-state index in [1.807, 2.05) is 30.3 Å². The minimum Gasteiger partial charge on any atom is -0.481 e. The summed E-state index contributed by atoms with van der Waals surface area (Å²) in [5.74, 6) is -0.294. The van der Waals surface area contributed by atoms with Gasteiger partial charge in [-0.05, 0) is 23.8 Å². The molecule has 0 radical (unpaired) electrons. The molecular formula is C16H20N2O3. The number of carbonyl (C=O) groups excluding carboxylic acids is 1. The van der Waals surface area contributed by atoms with Crippen LogP contribution in [0.4, 0.5) is 0 Å². The van der Waals surface area contributed by atoms with Crippen molar-refractivity contribution in [2.45, 2.75) is 6.42 Å². The number of amides is 1. The molecule has 3 atom stereocenters. The number of nitrogens with one attached hydrogen (secondary N) is 1. The lowest BCUT2D eigenvalue weighted by atomic mass is 10.1. The van der Waals surface area contributed by atoms with E-state index >= 15 is 0 Å². The molecule has 2 aliphatic rings. The van der Waals surface area contributed by atoms with E-state index < -0.39 is 5.97 Å². The highest BCUT2D eigenvalue weighted by Gasteiger charge is 2.59. The van der Waals surface area contributed by atoms with Gasteiger partial charge in [-0.3, -0.25) is 14.5 Å². The van der Waals surface area contributed by atoms with E-state index in [1.54, 1.807) is 0 Å². The average molecular weight is 288 g/mol. The van der Waals surface area contributed by atoms with Gasteiger partial charge in [-0.2, -0.15) is 0 Å². The molecule has 5 heteroatoms. The number of rotatable bonds is 6. The number of nitrogens with zero attached hydrogens (tertiary/aromatic N) is 1. The summed E-state index contributed by atoms with van der Waals surface area (Å²) < 4.78 is 0. The van der Waals surface area contributed by atoms with Gasteiger partial charge in [-0.25, -0.2) is 0 Å². The first-order valence-electron chi connectivity index (χ1n) is 7.41. The topological polar surface area (TPSA) is 69.6 Å². The Bertz CT molecular complexity index is 520. The lowest BCUT2D eigenvalue weighted by Crippen LogP contribution is -2.38. The summed E-state index contributed by atoms with van der Waals surface area (Å²) in [6, 6.07) is 10.1. The molecule has 1 heterocycles. The highest BCUT2D eigenvalue weighted by Crippen LogP contribution is 2.51. The van der Waals surface area contributed by atoms with Gasteiger partial charge in [0.25, 0.3) is 0 Å². The van der Waals surface area contributed by atoms with Gasteiger partial charge in [0.15, 0.2) is 0 Å². The number of carboxylic acid groups (broad SMARTS) is 1. The van der Waals surface area contributed by atoms with Gasteiger partial charge in [0, 0.05) is 19.6 Å². The second kappa shape index (κ2) is 5.85. The van der Waals surface area contributed by atoms with Gasteiger partial charge >= 0.3 is 5.97 Å². The van der Waals surface area contributed by atoms with Crippen LogP contribution in [0.3, 0.4) is 0 Å². The van der Waals surface area contributed by atoms with E-state index in [4.69, 9.17) is 5.11 Å². The molecule has 0 bridgehead atoms. The number of carbonyl (C=O) groups is 2. The number of aliphatic carboxylic acids is 1. The molecule has 1 aromatic rings. The maximum Gasteiger partial charge on any atom is 0.307 e. The van der Waals surface area contributed by atoms with Crippen molar-refractivity contribution < 1.29 is 14.7 Å². The maximum absolute atomic E-state index is 11.9. The number of hydrogen-bond acceptors (Lipinski definition) is 3. The molecular weight excluding hydrogens is 268 g/mol. The Hall–Kier alpha value is -1.88. The van der Waals surface area contributed by atoms with Gasteiger partial charge in [-0.1, -0.05) is 30.3 Å². The Morgan fingerprint density at radius 1 is 1.19 bits per heavy atom. The average Bonchev–Trinajstić information content (AvgIpc) is 2.98. The highest BCUT2D eigenvalue weighted by molar-refractivity contribution is 5.78. The molecule has 1 amide bonds. The van der Waals surface area contributed by atoms with E-state index in [0.29, 0.717) is 13.1 Å². The largest absolute Gasteiger partial charge is 0.481 e. The van der Waals surface area contributed by atoms with Crippen molar-refractivity contribution in [1.29, 1.82) is 0 Å². The molecule has 1 unspecified atom stereocenters. The Labute approximate surface area is 123 Å². The Kier molecular flexibility index (Phi) is 3.92. The van der Waals surface area contributed by atoms with Gasteiger partial charge in [-0.15, -0.1) is 0 Å². The summed E-state index contributed by atoms with van der Waals surface area (Å²) in [6.45, 7) is 2.51. The minimum absolute atomic E-state index is 0.0270. The van der Waals surface area contributed by atoms with Crippen LogP contribution in [0.25, 0.3) is 0 Å². The van der Waals surface area contributed by atoms with Crippen LogP contribution in [0.2, 0.25) is 0 Å². The normalized spacial score (nSPS) is 27.1. The summed E-state index contributed by atoms with van der Waals surface area (Å²) in [6.07, 6.45) is 0.832. The predicted octanol–water partition coefficient (Wildman–Crippen LogP) is 0.608.